The van der Waals surface area contributed by atoms with E-state index in [4.69, 9.17) is 11.1 Å². The topological polar surface area (TPSA) is 162 Å². The van der Waals surface area contributed by atoms with Gasteiger partial charge in [-0.2, -0.15) is 0 Å². The second kappa shape index (κ2) is 12.0. The maximum Gasteiger partial charge on any atom is 0.319 e. The maximum absolute atomic E-state index is 11.1. The summed E-state index contributed by atoms with van der Waals surface area (Å²) in [5.41, 5.74) is 15.9. The highest BCUT2D eigenvalue weighted by molar-refractivity contribution is 5.74. The average Bonchev–Trinajstić information content (AvgIpc) is 2.40. The minimum Gasteiger partial charge on any atom is -0.465 e. The number of ether oxygens (including phenoxy) is 2. The fraction of sp³-hybridized carbons (Fsp3) is 0.750. The molecule has 0 aromatic rings. The molecule has 0 rings (SSSR count). The van der Waals surface area contributed by atoms with E-state index >= 15 is 0 Å². The van der Waals surface area contributed by atoms with Gasteiger partial charge in [0.15, 0.2) is 0 Å². The number of esters is 2. The number of nitrogens with zero attached hydrogens (tertiary/aromatic N) is 6. The third-order valence-corrected chi connectivity index (χ3v) is 1.57. The van der Waals surface area contributed by atoms with Gasteiger partial charge in [0, 0.05) is 9.82 Å². The number of rotatable bonds is 10. The molecule has 0 aliphatic heterocycles. The summed E-state index contributed by atoms with van der Waals surface area (Å²) in [4.78, 5) is 27.1. The second-order valence-corrected chi connectivity index (χ2v) is 2.95. The normalized spacial score (nSPS) is 8.84. The van der Waals surface area contributed by atoms with Crippen molar-refractivity contribution >= 4 is 11.9 Å². The van der Waals surface area contributed by atoms with Gasteiger partial charge >= 0.3 is 11.9 Å². The molecule has 104 valence electrons. The number of carbonyl (C=O) groups is 2. The van der Waals surface area contributed by atoms with Crippen molar-refractivity contribution in [1.82, 2.24) is 5.32 Å². The first kappa shape index (κ1) is 16.5. The Morgan fingerprint density at radius 3 is 1.74 bits per heavy atom. The van der Waals surface area contributed by atoms with E-state index in [1.165, 1.54) is 0 Å². The molecule has 11 nitrogen and oxygen atoms in total. The summed E-state index contributed by atoms with van der Waals surface area (Å²) < 4.78 is 9.33. The minimum absolute atomic E-state index is 0.0127. The van der Waals surface area contributed by atoms with Crippen LogP contribution in [0.4, 0.5) is 0 Å². The second-order valence-electron chi connectivity index (χ2n) is 2.95. The van der Waals surface area contributed by atoms with E-state index in [1.807, 2.05) is 0 Å². The van der Waals surface area contributed by atoms with Gasteiger partial charge in [-0.25, -0.2) is 0 Å². The molecule has 0 spiro atoms. The summed E-state index contributed by atoms with van der Waals surface area (Å²) in [5, 5.41) is 8.86. The SMILES string of the molecule is [N-]=[N+]=NCCOC(=O)CNCC(=O)OCCN=[N+]=[N-]. The largest absolute Gasteiger partial charge is 0.465 e. The number of nitrogens with one attached hydrogen (secondary N) is 1. The van der Waals surface area contributed by atoms with Crippen LogP contribution in [0.25, 0.3) is 20.9 Å². The highest BCUT2D eigenvalue weighted by atomic mass is 16.5. The van der Waals surface area contributed by atoms with Gasteiger partial charge in [-0.1, -0.05) is 10.2 Å². The van der Waals surface area contributed by atoms with Gasteiger partial charge in [-0.05, 0) is 11.1 Å². The van der Waals surface area contributed by atoms with Crippen molar-refractivity contribution < 1.29 is 19.1 Å². The molecule has 0 aliphatic rings. The van der Waals surface area contributed by atoms with Gasteiger partial charge in [0.1, 0.15) is 0 Å². The van der Waals surface area contributed by atoms with Crippen LogP contribution in [0.1, 0.15) is 0 Å². The van der Waals surface area contributed by atoms with Crippen molar-refractivity contribution in [1.29, 1.82) is 0 Å². The maximum atomic E-state index is 11.1. The predicted octanol–water partition coefficient (Wildman–Crippen LogP) is 0.283. The predicted molar refractivity (Wildman–Crippen MR) is 62.8 cm³/mol. The summed E-state index contributed by atoms with van der Waals surface area (Å²) in [6.07, 6.45) is 0. The monoisotopic (exact) mass is 271 g/mol. The lowest BCUT2D eigenvalue weighted by Gasteiger charge is -2.05. The van der Waals surface area contributed by atoms with Crippen LogP contribution in [0.3, 0.4) is 0 Å². The van der Waals surface area contributed by atoms with Gasteiger partial charge in [0.05, 0.1) is 39.4 Å². The lowest BCUT2D eigenvalue weighted by atomic mass is 10.5. The van der Waals surface area contributed by atoms with Crippen LogP contribution in [0.2, 0.25) is 0 Å². The van der Waals surface area contributed by atoms with Crippen molar-refractivity contribution in [2.24, 2.45) is 10.2 Å². The van der Waals surface area contributed by atoms with E-state index in [1.54, 1.807) is 0 Å². The molecule has 0 aliphatic carbocycles. The molecule has 0 fully saturated rings. The number of hydrogen-bond acceptors (Lipinski definition) is 7. The highest BCUT2D eigenvalue weighted by Gasteiger charge is 2.05. The molecular weight excluding hydrogens is 258 g/mol. The summed E-state index contributed by atoms with van der Waals surface area (Å²) in [5.74, 6) is -1.15. The third kappa shape index (κ3) is 11.8. The molecule has 0 bridgehead atoms. The minimum atomic E-state index is -0.574. The Labute approximate surface area is 108 Å². The quantitative estimate of drug-likeness (QED) is 0.198. The van der Waals surface area contributed by atoms with Crippen LogP contribution >= 0.6 is 0 Å². The molecule has 0 amide bonds. The molecule has 0 aromatic heterocycles. The first-order valence-corrected chi connectivity index (χ1v) is 5.24. The van der Waals surface area contributed by atoms with Crippen LogP contribution < -0.4 is 5.32 Å². The van der Waals surface area contributed by atoms with Crippen molar-refractivity contribution in [3.63, 3.8) is 0 Å². The number of hydrogen-bond donors (Lipinski definition) is 1. The Hall–Kier alpha value is -2.48. The van der Waals surface area contributed by atoms with Gasteiger partial charge in [-0.15, -0.1) is 0 Å². The molecule has 0 aromatic carbocycles. The standard InChI is InChI=1S/C8H13N7O4/c9-14-12-1-3-18-7(16)5-11-6-8(17)19-4-2-13-15-10/h11H,1-6H2. The Balaban J connectivity index is 3.50. The first-order chi connectivity index (χ1) is 9.20. The van der Waals surface area contributed by atoms with E-state index in [0.717, 1.165) is 0 Å². The molecular formula is C8H13N7O4. The van der Waals surface area contributed by atoms with E-state index < -0.39 is 11.9 Å². The fourth-order valence-electron chi connectivity index (χ4n) is 0.859. The van der Waals surface area contributed by atoms with Crippen LogP contribution in [0.5, 0.6) is 0 Å². The van der Waals surface area contributed by atoms with Gasteiger partial charge < -0.3 is 9.47 Å². The van der Waals surface area contributed by atoms with E-state index in [2.05, 4.69) is 34.8 Å². The number of carbonyl (C=O) groups excluding carboxylic acids is 2. The highest BCUT2D eigenvalue weighted by Crippen LogP contribution is 1.82. The molecule has 0 saturated heterocycles. The van der Waals surface area contributed by atoms with Crippen molar-refractivity contribution in [2.75, 3.05) is 39.4 Å². The molecule has 0 radical (unpaired) electrons. The zero-order valence-corrected chi connectivity index (χ0v) is 10.1. The van der Waals surface area contributed by atoms with E-state index in [9.17, 15) is 9.59 Å². The zero-order valence-electron chi connectivity index (χ0n) is 10.1. The summed E-state index contributed by atoms with van der Waals surface area (Å²) >= 11 is 0. The average molecular weight is 271 g/mol. The summed E-state index contributed by atoms with van der Waals surface area (Å²) in [6, 6.07) is 0. The molecule has 0 saturated carbocycles. The van der Waals surface area contributed by atoms with E-state index in [0.29, 0.717) is 0 Å². The van der Waals surface area contributed by atoms with Crippen molar-refractivity contribution in [3.8, 4) is 0 Å². The lowest BCUT2D eigenvalue weighted by Crippen LogP contribution is -2.31. The molecule has 1 N–H and O–H groups in total. The summed E-state index contributed by atoms with van der Waals surface area (Å²) in [6.45, 7) is -0.237. The van der Waals surface area contributed by atoms with Crippen LogP contribution in [0, 0.1) is 0 Å². The molecule has 0 unspecified atom stereocenters. The zero-order chi connectivity index (χ0) is 14.3. The first-order valence-electron chi connectivity index (χ1n) is 5.24. The Morgan fingerprint density at radius 1 is 0.947 bits per heavy atom. The number of azide groups is 2. The molecule has 0 atom stereocenters. The lowest BCUT2D eigenvalue weighted by molar-refractivity contribution is -0.143. The third-order valence-electron chi connectivity index (χ3n) is 1.57. The van der Waals surface area contributed by atoms with Crippen molar-refractivity contribution in [3.05, 3.63) is 20.9 Å². The van der Waals surface area contributed by atoms with Crippen LogP contribution in [0.15, 0.2) is 10.2 Å². The Bertz CT molecular complexity index is 351. The summed E-state index contributed by atoms with van der Waals surface area (Å²) in [7, 11) is 0. The van der Waals surface area contributed by atoms with Gasteiger partial charge in [0.25, 0.3) is 0 Å². The Morgan fingerprint density at radius 2 is 1.37 bits per heavy atom. The smallest absolute Gasteiger partial charge is 0.319 e. The van der Waals surface area contributed by atoms with Gasteiger partial charge in [0.2, 0.25) is 0 Å². The Kier molecular flexibility index (Phi) is 10.4. The van der Waals surface area contributed by atoms with Crippen molar-refractivity contribution in [2.45, 2.75) is 0 Å². The molecule has 19 heavy (non-hydrogen) atoms. The van der Waals surface area contributed by atoms with Gasteiger partial charge in [-0.3, -0.25) is 14.9 Å². The molecule has 0 heterocycles. The van der Waals surface area contributed by atoms with E-state index in [-0.39, 0.29) is 39.4 Å². The van der Waals surface area contributed by atoms with Crippen LogP contribution in [-0.2, 0) is 19.1 Å². The molecule has 11 heteroatoms. The van der Waals surface area contributed by atoms with Crippen LogP contribution in [-0.4, -0.2) is 51.3 Å². The fourth-order valence-corrected chi connectivity index (χ4v) is 0.859.